The summed E-state index contributed by atoms with van der Waals surface area (Å²) in [5.74, 6) is 2.59. The first-order valence-corrected chi connectivity index (χ1v) is 12.4. The molecule has 2 aromatic rings. The van der Waals surface area contributed by atoms with Crippen molar-refractivity contribution in [3.05, 3.63) is 53.0 Å². The lowest BCUT2D eigenvalue weighted by molar-refractivity contribution is 0.0988. The van der Waals surface area contributed by atoms with Crippen LogP contribution in [0.25, 0.3) is 0 Å². The zero-order valence-corrected chi connectivity index (χ0v) is 20.0. The Morgan fingerprint density at radius 2 is 1.91 bits per heavy atom. The lowest BCUT2D eigenvalue weighted by Crippen LogP contribution is -2.32. The van der Waals surface area contributed by atoms with Crippen LogP contribution < -0.4 is 4.90 Å². The van der Waals surface area contributed by atoms with Crippen molar-refractivity contribution < 1.29 is 4.79 Å². The van der Waals surface area contributed by atoms with E-state index in [9.17, 15) is 4.79 Å². The molecule has 0 amide bonds. The van der Waals surface area contributed by atoms with Gasteiger partial charge in [-0.2, -0.15) is 0 Å². The number of hydrogen-bond donors (Lipinski definition) is 0. The molecule has 1 saturated heterocycles. The Labute approximate surface area is 193 Å². The van der Waals surface area contributed by atoms with E-state index in [2.05, 4.69) is 58.7 Å². The molecule has 0 N–H and O–H groups in total. The summed E-state index contributed by atoms with van der Waals surface area (Å²) >= 11 is 0. The van der Waals surface area contributed by atoms with Crippen LogP contribution in [0.2, 0.25) is 0 Å². The third kappa shape index (κ3) is 6.16. The Hall–Kier alpha value is -2.27. The largest absolute Gasteiger partial charge is 0.356 e. The molecule has 0 radical (unpaired) electrons. The molecule has 2 aliphatic rings. The van der Waals surface area contributed by atoms with Gasteiger partial charge in [-0.25, -0.2) is 9.97 Å². The summed E-state index contributed by atoms with van der Waals surface area (Å²) in [6, 6.07) is 8.47. The van der Waals surface area contributed by atoms with Gasteiger partial charge >= 0.3 is 0 Å². The van der Waals surface area contributed by atoms with E-state index < -0.39 is 0 Å². The van der Waals surface area contributed by atoms with Crippen LogP contribution in [0.15, 0.2) is 30.6 Å². The molecule has 2 heterocycles. The Kier molecular flexibility index (Phi) is 7.56. The molecule has 0 unspecified atom stereocenters. The number of hydrogen-bond acceptors (Lipinski definition) is 5. The number of rotatable bonds is 10. The van der Waals surface area contributed by atoms with E-state index in [1.807, 2.05) is 6.07 Å². The van der Waals surface area contributed by atoms with E-state index in [1.54, 1.807) is 6.33 Å². The van der Waals surface area contributed by atoms with Crippen molar-refractivity contribution in [1.82, 2.24) is 14.9 Å². The maximum absolute atomic E-state index is 13.0. The van der Waals surface area contributed by atoms with Gasteiger partial charge in [-0.3, -0.25) is 9.69 Å². The van der Waals surface area contributed by atoms with Gasteiger partial charge in [0, 0.05) is 32.1 Å². The lowest BCUT2D eigenvalue weighted by Gasteiger charge is -2.30. The second kappa shape index (κ2) is 10.6. The van der Waals surface area contributed by atoms with Crippen LogP contribution in [0, 0.1) is 18.8 Å². The topological polar surface area (TPSA) is 49.3 Å². The van der Waals surface area contributed by atoms with Crippen molar-refractivity contribution in [2.45, 2.75) is 65.8 Å². The van der Waals surface area contributed by atoms with E-state index in [-0.39, 0.29) is 5.78 Å². The molecule has 1 aliphatic heterocycles. The third-order valence-electron chi connectivity index (χ3n) is 6.97. The molecular weight excluding hydrogens is 396 g/mol. The van der Waals surface area contributed by atoms with Crippen molar-refractivity contribution >= 4 is 11.6 Å². The number of carbonyl (C=O) groups is 1. The first-order chi connectivity index (χ1) is 15.5. The molecule has 0 bridgehead atoms. The fourth-order valence-electron chi connectivity index (χ4n) is 4.65. The number of benzene rings is 1. The zero-order valence-electron chi connectivity index (χ0n) is 20.0. The summed E-state index contributed by atoms with van der Waals surface area (Å²) in [7, 11) is 0. The van der Waals surface area contributed by atoms with Crippen LogP contribution in [0.4, 0.5) is 5.82 Å². The van der Waals surface area contributed by atoms with Crippen molar-refractivity contribution in [3.63, 3.8) is 0 Å². The molecule has 1 aliphatic carbocycles. The number of Topliss-reactive ketones (excluding diaryl/α,β-unsaturated/α-hetero) is 1. The predicted octanol–water partition coefficient (Wildman–Crippen LogP) is 5.07. The van der Waals surface area contributed by atoms with Gasteiger partial charge in [0.25, 0.3) is 0 Å². The van der Waals surface area contributed by atoms with Crippen molar-refractivity contribution in [2.24, 2.45) is 11.8 Å². The Morgan fingerprint density at radius 1 is 1.12 bits per heavy atom. The minimum atomic E-state index is 0.0670. The normalized spacial score (nSPS) is 17.5. The monoisotopic (exact) mass is 434 g/mol. The van der Waals surface area contributed by atoms with Gasteiger partial charge in [0.05, 0.1) is 0 Å². The van der Waals surface area contributed by atoms with Crippen LogP contribution in [-0.4, -0.2) is 46.8 Å². The SMILES string of the molecule is CCCN(CC1CC1)c1cc(C(=O)Cc2ccc(CN3CCC(C)CC3)cc2C)ncn1. The summed E-state index contributed by atoms with van der Waals surface area (Å²) in [6.07, 6.45) is 8.22. The predicted molar refractivity (Wildman–Crippen MR) is 130 cm³/mol. The highest BCUT2D eigenvalue weighted by molar-refractivity contribution is 5.96. The van der Waals surface area contributed by atoms with Crippen LogP contribution in [0.1, 0.15) is 73.1 Å². The molecule has 4 rings (SSSR count). The Morgan fingerprint density at radius 3 is 2.59 bits per heavy atom. The number of anilines is 1. The van der Waals surface area contributed by atoms with Crippen LogP contribution in [0.5, 0.6) is 0 Å². The van der Waals surface area contributed by atoms with E-state index in [4.69, 9.17) is 0 Å². The third-order valence-corrected chi connectivity index (χ3v) is 6.97. The molecule has 1 saturated carbocycles. The molecule has 5 nitrogen and oxygen atoms in total. The molecule has 5 heteroatoms. The molecule has 172 valence electrons. The van der Waals surface area contributed by atoms with E-state index in [0.29, 0.717) is 12.1 Å². The van der Waals surface area contributed by atoms with Gasteiger partial charge in [0.1, 0.15) is 17.8 Å². The summed E-state index contributed by atoms with van der Waals surface area (Å²) < 4.78 is 0. The highest BCUT2D eigenvalue weighted by Crippen LogP contribution is 2.31. The fourth-order valence-corrected chi connectivity index (χ4v) is 4.65. The maximum atomic E-state index is 13.0. The van der Waals surface area contributed by atoms with Gasteiger partial charge in [-0.15, -0.1) is 0 Å². The molecule has 1 aromatic heterocycles. The first kappa shape index (κ1) is 22.9. The molecule has 1 aromatic carbocycles. The highest BCUT2D eigenvalue weighted by atomic mass is 16.1. The van der Waals surface area contributed by atoms with Gasteiger partial charge in [-0.1, -0.05) is 32.0 Å². The average molecular weight is 435 g/mol. The Bertz CT molecular complexity index is 916. The smallest absolute Gasteiger partial charge is 0.185 e. The number of aromatic nitrogens is 2. The van der Waals surface area contributed by atoms with Gasteiger partial charge in [0.15, 0.2) is 5.78 Å². The number of piperidine rings is 1. The quantitative estimate of drug-likeness (QED) is 0.489. The molecule has 32 heavy (non-hydrogen) atoms. The van der Waals surface area contributed by atoms with E-state index >= 15 is 0 Å². The number of ketones is 1. The van der Waals surface area contributed by atoms with Crippen LogP contribution in [-0.2, 0) is 13.0 Å². The Balaban J connectivity index is 1.40. The van der Waals surface area contributed by atoms with Crippen molar-refractivity contribution in [1.29, 1.82) is 0 Å². The maximum Gasteiger partial charge on any atom is 0.185 e. The standard InChI is InChI=1S/C27H38N4O/c1-4-11-31(18-22-5-6-22)27-16-25(28-19-29-27)26(32)15-24-8-7-23(14-21(24)3)17-30-12-9-20(2)10-13-30/h7-8,14,16,19-20,22H,4-6,9-13,15,17-18H2,1-3H3. The van der Waals surface area contributed by atoms with E-state index in [1.165, 1.54) is 49.9 Å². The second-order valence-corrected chi connectivity index (χ2v) is 9.97. The van der Waals surface area contributed by atoms with Crippen molar-refractivity contribution in [3.8, 4) is 0 Å². The second-order valence-electron chi connectivity index (χ2n) is 9.97. The highest BCUT2D eigenvalue weighted by Gasteiger charge is 2.25. The number of aryl methyl sites for hydroxylation is 1. The molecule has 0 atom stereocenters. The van der Waals surface area contributed by atoms with Gasteiger partial charge in [-0.05, 0) is 80.6 Å². The summed E-state index contributed by atoms with van der Waals surface area (Å²) in [4.78, 5) is 26.7. The first-order valence-electron chi connectivity index (χ1n) is 12.4. The number of likely N-dealkylation sites (tertiary alicyclic amines) is 1. The van der Waals surface area contributed by atoms with Gasteiger partial charge in [0.2, 0.25) is 0 Å². The lowest BCUT2D eigenvalue weighted by atomic mass is 9.97. The minimum absolute atomic E-state index is 0.0670. The molecular formula is C27H38N4O. The van der Waals surface area contributed by atoms with Crippen LogP contribution >= 0.6 is 0 Å². The summed E-state index contributed by atoms with van der Waals surface area (Å²) in [5.41, 5.74) is 4.15. The fraction of sp³-hybridized carbons (Fsp3) is 0.593. The minimum Gasteiger partial charge on any atom is -0.356 e. The van der Waals surface area contributed by atoms with Crippen molar-refractivity contribution in [2.75, 3.05) is 31.1 Å². The average Bonchev–Trinajstić information content (AvgIpc) is 3.61. The molecule has 2 fully saturated rings. The zero-order chi connectivity index (χ0) is 22.5. The molecule has 0 spiro atoms. The van der Waals surface area contributed by atoms with Crippen LogP contribution in [0.3, 0.4) is 0 Å². The summed E-state index contributed by atoms with van der Waals surface area (Å²) in [5, 5.41) is 0. The summed E-state index contributed by atoms with van der Waals surface area (Å²) in [6.45, 7) is 12.0. The van der Waals surface area contributed by atoms with Gasteiger partial charge < -0.3 is 4.90 Å². The number of nitrogens with zero attached hydrogens (tertiary/aromatic N) is 4. The van der Waals surface area contributed by atoms with E-state index in [0.717, 1.165) is 49.3 Å². The number of carbonyl (C=O) groups excluding carboxylic acids is 1.